The minimum absolute atomic E-state index is 0.0625. The van der Waals surface area contributed by atoms with Crippen molar-refractivity contribution in [3.8, 4) is 0 Å². The molecule has 0 amide bonds. The van der Waals surface area contributed by atoms with Crippen LogP contribution < -0.4 is 0 Å². The van der Waals surface area contributed by atoms with Gasteiger partial charge in [-0.3, -0.25) is 14.4 Å². The van der Waals surface area contributed by atoms with Crippen molar-refractivity contribution in [1.29, 1.82) is 0 Å². The Kier molecular flexibility index (Phi) is 47.2. The Bertz CT molecular complexity index is 903. The van der Waals surface area contributed by atoms with Gasteiger partial charge in [0.1, 0.15) is 13.2 Å². The molecule has 0 N–H and O–H groups in total. The predicted molar refractivity (Wildman–Crippen MR) is 257 cm³/mol. The molecule has 0 spiro atoms. The average molecular weight is 849 g/mol. The van der Waals surface area contributed by atoms with Crippen LogP contribution in [-0.4, -0.2) is 37.2 Å². The summed E-state index contributed by atoms with van der Waals surface area (Å²) in [6, 6.07) is 0. The fourth-order valence-corrected chi connectivity index (χ4v) is 8.22. The van der Waals surface area contributed by atoms with E-state index in [9.17, 15) is 14.4 Å². The molecule has 356 valence electrons. The topological polar surface area (TPSA) is 78.9 Å². The molecule has 60 heavy (non-hydrogen) atoms. The van der Waals surface area contributed by atoms with Crippen molar-refractivity contribution in [1.82, 2.24) is 0 Å². The summed E-state index contributed by atoms with van der Waals surface area (Å²) in [5.74, 6) is -0.00781. The average Bonchev–Trinajstić information content (AvgIpc) is 3.23. The van der Waals surface area contributed by atoms with Crippen LogP contribution in [0, 0.1) is 5.92 Å². The highest BCUT2D eigenvalue weighted by atomic mass is 16.6. The Morgan fingerprint density at radius 1 is 0.317 bits per heavy atom. The van der Waals surface area contributed by atoms with Gasteiger partial charge in [-0.05, 0) is 25.2 Å². The van der Waals surface area contributed by atoms with Gasteiger partial charge in [-0.2, -0.15) is 0 Å². The number of ether oxygens (including phenoxy) is 3. The lowest BCUT2D eigenvalue weighted by molar-refractivity contribution is -0.167. The lowest BCUT2D eigenvalue weighted by Gasteiger charge is -2.18. The minimum atomic E-state index is -0.760. The van der Waals surface area contributed by atoms with Crippen LogP contribution in [0.25, 0.3) is 0 Å². The number of unbranched alkanes of at least 4 members (excludes halogenated alkanes) is 36. The van der Waals surface area contributed by atoms with Crippen LogP contribution >= 0.6 is 0 Å². The van der Waals surface area contributed by atoms with Crippen molar-refractivity contribution in [2.45, 2.75) is 310 Å². The highest BCUT2D eigenvalue weighted by Crippen LogP contribution is 2.17. The molecule has 0 rings (SSSR count). The normalized spacial score (nSPS) is 11.9. The zero-order valence-corrected chi connectivity index (χ0v) is 40.9. The molecule has 0 aliphatic heterocycles. The fraction of sp³-hybridized carbons (Fsp3) is 0.944. The van der Waals surface area contributed by atoms with Crippen molar-refractivity contribution < 1.29 is 28.6 Å². The third kappa shape index (κ3) is 47.5. The molecule has 0 aromatic carbocycles. The number of rotatable bonds is 49. The molecule has 0 fully saturated rings. The van der Waals surface area contributed by atoms with E-state index in [1.165, 1.54) is 199 Å². The van der Waals surface area contributed by atoms with Crippen molar-refractivity contribution in [2.24, 2.45) is 5.92 Å². The highest BCUT2D eigenvalue weighted by Gasteiger charge is 2.19. The molecule has 6 nitrogen and oxygen atoms in total. The van der Waals surface area contributed by atoms with Crippen LogP contribution in [0.2, 0.25) is 0 Å². The maximum Gasteiger partial charge on any atom is 0.306 e. The molecular formula is C54H104O6. The van der Waals surface area contributed by atoms with Gasteiger partial charge in [-0.25, -0.2) is 0 Å². The number of carbonyl (C=O) groups is 3. The Labute approximate surface area is 374 Å². The van der Waals surface area contributed by atoms with E-state index >= 15 is 0 Å². The Morgan fingerprint density at radius 2 is 0.550 bits per heavy atom. The molecular weight excluding hydrogens is 745 g/mol. The molecule has 0 aromatic heterocycles. The smallest absolute Gasteiger partial charge is 0.306 e. The molecule has 6 heteroatoms. The Hall–Kier alpha value is -1.59. The number of hydrogen-bond donors (Lipinski definition) is 0. The molecule has 0 saturated heterocycles. The summed E-state index contributed by atoms with van der Waals surface area (Å²) in [7, 11) is 0. The van der Waals surface area contributed by atoms with Crippen molar-refractivity contribution >= 4 is 17.9 Å². The van der Waals surface area contributed by atoms with E-state index in [1.54, 1.807) is 0 Å². The summed E-state index contributed by atoms with van der Waals surface area (Å²) in [6.07, 6.45) is 50.8. The van der Waals surface area contributed by atoms with E-state index < -0.39 is 6.10 Å². The van der Waals surface area contributed by atoms with Crippen LogP contribution in [0.1, 0.15) is 304 Å². The zero-order chi connectivity index (χ0) is 43.8. The predicted octanol–water partition coefficient (Wildman–Crippen LogP) is 17.5. The van der Waals surface area contributed by atoms with E-state index in [-0.39, 0.29) is 31.1 Å². The van der Waals surface area contributed by atoms with E-state index in [0.29, 0.717) is 19.3 Å². The molecule has 0 radical (unpaired) electrons. The first-order valence-corrected chi connectivity index (χ1v) is 26.9. The molecule has 0 aromatic rings. The van der Waals surface area contributed by atoms with Gasteiger partial charge in [0.2, 0.25) is 0 Å². The lowest BCUT2D eigenvalue weighted by atomic mass is 10.0. The van der Waals surface area contributed by atoms with E-state index in [2.05, 4.69) is 27.7 Å². The summed E-state index contributed by atoms with van der Waals surface area (Å²) in [4.78, 5) is 38.0. The van der Waals surface area contributed by atoms with Crippen LogP contribution in [0.3, 0.4) is 0 Å². The van der Waals surface area contributed by atoms with Gasteiger partial charge < -0.3 is 14.2 Å². The summed E-state index contributed by atoms with van der Waals surface area (Å²) in [5, 5.41) is 0. The summed E-state index contributed by atoms with van der Waals surface area (Å²) >= 11 is 0. The number of hydrogen-bond acceptors (Lipinski definition) is 6. The first-order chi connectivity index (χ1) is 29.4. The second kappa shape index (κ2) is 48.4. The van der Waals surface area contributed by atoms with Crippen LogP contribution in [0.5, 0.6) is 0 Å². The SMILES string of the molecule is CCCCCCCCCCCCCCCCCCC(=O)O[C@@H](COC(=O)CCCCCCCCCCCCC)COC(=O)CCCCCCCCCCCCCCC(C)C. The van der Waals surface area contributed by atoms with Gasteiger partial charge in [0.05, 0.1) is 0 Å². The molecule has 0 bridgehead atoms. The monoisotopic (exact) mass is 849 g/mol. The van der Waals surface area contributed by atoms with E-state index in [1.807, 2.05) is 0 Å². The van der Waals surface area contributed by atoms with Gasteiger partial charge >= 0.3 is 17.9 Å². The van der Waals surface area contributed by atoms with Crippen LogP contribution in [0.4, 0.5) is 0 Å². The van der Waals surface area contributed by atoms with Gasteiger partial charge in [0.15, 0.2) is 6.10 Å². The first kappa shape index (κ1) is 58.4. The van der Waals surface area contributed by atoms with Gasteiger partial charge in [-0.1, -0.05) is 265 Å². The van der Waals surface area contributed by atoms with Crippen molar-refractivity contribution in [3.05, 3.63) is 0 Å². The highest BCUT2D eigenvalue weighted by molar-refractivity contribution is 5.71. The Morgan fingerprint density at radius 3 is 0.817 bits per heavy atom. The molecule has 0 saturated carbocycles. The Balaban J connectivity index is 4.29. The van der Waals surface area contributed by atoms with Crippen LogP contribution in [0.15, 0.2) is 0 Å². The van der Waals surface area contributed by atoms with E-state index in [0.717, 1.165) is 63.7 Å². The first-order valence-electron chi connectivity index (χ1n) is 26.9. The number of carbonyl (C=O) groups excluding carboxylic acids is 3. The largest absolute Gasteiger partial charge is 0.462 e. The molecule has 1 atom stereocenters. The summed E-state index contributed by atoms with van der Waals surface area (Å²) in [5.41, 5.74) is 0. The van der Waals surface area contributed by atoms with Crippen LogP contribution in [-0.2, 0) is 28.6 Å². The van der Waals surface area contributed by atoms with Gasteiger partial charge in [-0.15, -0.1) is 0 Å². The summed E-state index contributed by atoms with van der Waals surface area (Å²) in [6.45, 7) is 9.03. The summed E-state index contributed by atoms with van der Waals surface area (Å²) < 4.78 is 16.8. The number of esters is 3. The second-order valence-electron chi connectivity index (χ2n) is 19.0. The molecule has 0 unspecified atom stereocenters. The van der Waals surface area contributed by atoms with Gasteiger partial charge in [0.25, 0.3) is 0 Å². The fourth-order valence-electron chi connectivity index (χ4n) is 8.22. The minimum Gasteiger partial charge on any atom is -0.462 e. The lowest BCUT2D eigenvalue weighted by Crippen LogP contribution is -2.30. The third-order valence-corrected chi connectivity index (χ3v) is 12.3. The third-order valence-electron chi connectivity index (χ3n) is 12.3. The van der Waals surface area contributed by atoms with Crippen molar-refractivity contribution in [3.63, 3.8) is 0 Å². The molecule has 0 heterocycles. The van der Waals surface area contributed by atoms with Gasteiger partial charge in [0, 0.05) is 19.3 Å². The zero-order valence-electron chi connectivity index (χ0n) is 40.9. The van der Waals surface area contributed by atoms with E-state index in [4.69, 9.17) is 14.2 Å². The maximum atomic E-state index is 12.8. The molecule has 0 aliphatic carbocycles. The maximum absolute atomic E-state index is 12.8. The quantitative estimate of drug-likeness (QED) is 0.0345. The second-order valence-corrected chi connectivity index (χ2v) is 19.0. The standard InChI is InChI=1S/C54H104O6/c1-5-7-9-11-13-15-17-18-19-20-21-27-31-35-39-43-47-54(57)60-51(48-58-52(55)45-41-37-33-29-24-16-14-12-10-8-6-2)49-59-53(56)46-42-38-34-30-26-23-22-25-28-32-36-40-44-50(3)4/h50-51H,5-49H2,1-4H3/t51-/m0/s1. The van der Waals surface area contributed by atoms with Crippen molar-refractivity contribution in [2.75, 3.05) is 13.2 Å². The molecule has 0 aliphatic rings.